The van der Waals surface area contributed by atoms with Gasteiger partial charge in [0, 0.05) is 0 Å². The van der Waals surface area contributed by atoms with Crippen LogP contribution in [0.5, 0.6) is 11.5 Å². The summed E-state index contributed by atoms with van der Waals surface area (Å²) in [4.78, 5) is 0. The summed E-state index contributed by atoms with van der Waals surface area (Å²) < 4.78 is 15.7. The Morgan fingerprint density at radius 1 is 1.28 bits per heavy atom. The minimum atomic E-state index is 0.264. The molecule has 1 aliphatic rings. The van der Waals surface area contributed by atoms with Crippen molar-refractivity contribution >= 4 is 5.88 Å². The lowest BCUT2D eigenvalue weighted by molar-refractivity contribution is 0.174. The van der Waals surface area contributed by atoms with Gasteiger partial charge in [-0.3, -0.25) is 0 Å². The minimum absolute atomic E-state index is 0.264. The van der Waals surface area contributed by atoms with Crippen molar-refractivity contribution in [3.8, 4) is 22.6 Å². The van der Waals surface area contributed by atoms with Crippen LogP contribution >= 0.6 is 0 Å². The molecule has 0 amide bonds. The Balaban J connectivity index is 2.06. The fraction of sp³-hybridized carbons (Fsp3) is 0.308. The van der Waals surface area contributed by atoms with Crippen LogP contribution in [0, 0.1) is 0 Å². The number of rotatable bonds is 3. The Hall–Kier alpha value is -2.17. The maximum absolute atomic E-state index is 5.85. The monoisotopic (exact) mass is 246 g/mol. The van der Waals surface area contributed by atoms with Crippen LogP contribution in [0.2, 0.25) is 0 Å². The molecule has 2 heterocycles. The third-order valence-electron chi connectivity index (χ3n) is 2.94. The number of hydrogen-bond donors (Lipinski definition) is 1. The van der Waals surface area contributed by atoms with E-state index in [9.17, 15) is 0 Å². The van der Waals surface area contributed by atoms with Gasteiger partial charge in [0.1, 0.15) is 0 Å². The Morgan fingerprint density at radius 2 is 2.11 bits per heavy atom. The molecule has 0 radical (unpaired) electrons. The molecule has 18 heavy (non-hydrogen) atoms. The van der Waals surface area contributed by atoms with Gasteiger partial charge < -0.3 is 19.7 Å². The molecule has 3 rings (SSSR count). The van der Waals surface area contributed by atoms with Gasteiger partial charge in [-0.15, -0.1) is 0 Å². The molecule has 0 bridgehead atoms. The highest BCUT2D eigenvalue weighted by Gasteiger charge is 2.19. The molecule has 1 aliphatic heterocycles. The van der Waals surface area contributed by atoms with Crippen LogP contribution < -0.4 is 15.2 Å². The topological polar surface area (TPSA) is 70.5 Å². The van der Waals surface area contributed by atoms with Crippen molar-refractivity contribution in [2.24, 2.45) is 0 Å². The average Bonchev–Trinajstić information content (AvgIpc) is 2.96. The second kappa shape index (κ2) is 4.25. The normalized spacial score (nSPS) is 12.9. The molecule has 94 valence electrons. The van der Waals surface area contributed by atoms with Gasteiger partial charge in [0.15, 0.2) is 11.5 Å². The Morgan fingerprint density at radius 3 is 2.94 bits per heavy atom. The highest BCUT2D eigenvalue weighted by Crippen LogP contribution is 2.38. The smallest absolute Gasteiger partial charge is 0.231 e. The van der Waals surface area contributed by atoms with E-state index in [-0.39, 0.29) is 6.79 Å². The molecule has 0 unspecified atom stereocenters. The largest absolute Gasteiger partial charge is 0.454 e. The van der Waals surface area contributed by atoms with Gasteiger partial charge in [0.05, 0.1) is 11.3 Å². The lowest BCUT2D eigenvalue weighted by Gasteiger charge is -2.03. The maximum Gasteiger partial charge on any atom is 0.231 e. The fourth-order valence-corrected chi connectivity index (χ4v) is 2.11. The molecule has 0 saturated heterocycles. The van der Waals surface area contributed by atoms with Crippen LogP contribution in [-0.4, -0.2) is 11.9 Å². The Labute approximate surface area is 104 Å². The van der Waals surface area contributed by atoms with Crippen LogP contribution in [-0.2, 0) is 6.42 Å². The quantitative estimate of drug-likeness (QED) is 0.901. The molecular formula is C13H14N2O3. The Bertz CT molecular complexity index is 578. The molecule has 0 fully saturated rings. The number of benzene rings is 1. The summed E-state index contributed by atoms with van der Waals surface area (Å²) in [5.74, 6) is 1.83. The van der Waals surface area contributed by atoms with E-state index in [1.165, 1.54) is 0 Å². The highest BCUT2D eigenvalue weighted by atomic mass is 16.7. The van der Waals surface area contributed by atoms with E-state index < -0.39 is 0 Å². The summed E-state index contributed by atoms with van der Waals surface area (Å²) in [5, 5.41) is 4.00. The SMILES string of the molecule is CCCc1noc(N)c1-c1ccc2c(c1)OCO2. The van der Waals surface area contributed by atoms with E-state index in [1.54, 1.807) is 0 Å². The molecular weight excluding hydrogens is 232 g/mol. The van der Waals surface area contributed by atoms with Crippen molar-refractivity contribution in [3.63, 3.8) is 0 Å². The predicted octanol–water partition coefficient (Wildman–Crippen LogP) is 2.61. The fourth-order valence-electron chi connectivity index (χ4n) is 2.11. The zero-order chi connectivity index (χ0) is 12.5. The first kappa shape index (κ1) is 11.0. The predicted molar refractivity (Wildman–Crippen MR) is 66.5 cm³/mol. The zero-order valence-electron chi connectivity index (χ0n) is 10.1. The van der Waals surface area contributed by atoms with Crippen molar-refractivity contribution < 1.29 is 14.0 Å². The van der Waals surface area contributed by atoms with E-state index in [4.69, 9.17) is 19.7 Å². The molecule has 1 aromatic heterocycles. The van der Waals surface area contributed by atoms with Gasteiger partial charge in [-0.25, -0.2) is 0 Å². The lowest BCUT2D eigenvalue weighted by atomic mass is 10.0. The summed E-state index contributed by atoms with van der Waals surface area (Å²) in [6.07, 6.45) is 1.83. The first-order valence-corrected chi connectivity index (χ1v) is 5.93. The number of nitrogen functional groups attached to an aromatic ring is 1. The molecule has 5 heteroatoms. The summed E-state index contributed by atoms with van der Waals surface area (Å²) in [6, 6.07) is 5.72. The average molecular weight is 246 g/mol. The molecule has 0 saturated carbocycles. The lowest BCUT2D eigenvalue weighted by Crippen LogP contribution is -1.93. The first-order chi connectivity index (χ1) is 8.79. The summed E-state index contributed by atoms with van der Waals surface area (Å²) in [6.45, 7) is 2.36. The third kappa shape index (κ3) is 1.68. The van der Waals surface area contributed by atoms with Crippen LogP contribution in [0.4, 0.5) is 5.88 Å². The molecule has 0 aliphatic carbocycles. The van der Waals surface area contributed by atoms with Gasteiger partial charge in [0.25, 0.3) is 0 Å². The second-order valence-electron chi connectivity index (χ2n) is 4.19. The van der Waals surface area contributed by atoms with Gasteiger partial charge in [0.2, 0.25) is 12.7 Å². The number of fused-ring (bicyclic) bond motifs is 1. The number of hydrogen-bond acceptors (Lipinski definition) is 5. The summed E-state index contributed by atoms with van der Waals surface area (Å²) in [7, 11) is 0. The number of aromatic nitrogens is 1. The molecule has 0 spiro atoms. The van der Waals surface area contributed by atoms with Crippen LogP contribution in [0.25, 0.3) is 11.1 Å². The van der Waals surface area contributed by atoms with Crippen molar-refractivity contribution in [3.05, 3.63) is 23.9 Å². The number of nitrogens with zero attached hydrogens (tertiary/aromatic N) is 1. The van der Waals surface area contributed by atoms with E-state index in [2.05, 4.69) is 12.1 Å². The van der Waals surface area contributed by atoms with Crippen molar-refractivity contribution in [2.45, 2.75) is 19.8 Å². The van der Waals surface area contributed by atoms with Gasteiger partial charge >= 0.3 is 0 Å². The van der Waals surface area contributed by atoms with E-state index in [1.807, 2.05) is 18.2 Å². The number of nitrogens with two attached hydrogens (primary N) is 1. The van der Waals surface area contributed by atoms with E-state index in [0.29, 0.717) is 5.88 Å². The number of ether oxygens (including phenoxy) is 2. The minimum Gasteiger partial charge on any atom is -0.454 e. The van der Waals surface area contributed by atoms with Gasteiger partial charge in [-0.05, 0) is 24.1 Å². The third-order valence-corrected chi connectivity index (χ3v) is 2.94. The first-order valence-electron chi connectivity index (χ1n) is 5.93. The van der Waals surface area contributed by atoms with Crippen molar-refractivity contribution in [1.82, 2.24) is 5.16 Å². The van der Waals surface area contributed by atoms with Crippen LogP contribution in [0.15, 0.2) is 22.7 Å². The van der Waals surface area contributed by atoms with E-state index >= 15 is 0 Å². The van der Waals surface area contributed by atoms with E-state index in [0.717, 1.165) is 41.2 Å². The molecule has 1 aromatic carbocycles. The van der Waals surface area contributed by atoms with Crippen LogP contribution in [0.3, 0.4) is 0 Å². The zero-order valence-corrected chi connectivity index (χ0v) is 10.1. The molecule has 0 atom stereocenters. The summed E-state index contributed by atoms with van der Waals surface area (Å²) >= 11 is 0. The van der Waals surface area contributed by atoms with Gasteiger partial charge in [-0.2, -0.15) is 0 Å². The van der Waals surface area contributed by atoms with Crippen molar-refractivity contribution in [1.29, 1.82) is 0 Å². The van der Waals surface area contributed by atoms with Gasteiger partial charge in [-0.1, -0.05) is 24.6 Å². The standard InChI is InChI=1S/C13H14N2O3/c1-2-3-9-12(13(14)18-15-9)8-4-5-10-11(6-8)17-7-16-10/h4-6H,2-3,7,14H2,1H3. The second-order valence-corrected chi connectivity index (χ2v) is 4.19. The van der Waals surface area contributed by atoms with Crippen LogP contribution in [0.1, 0.15) is 19.0 Å². The maximum atomic E-state index is 5.85. The Kier molecular flexibility index (Phi) is 2.59. The number of anilines is 1. The number of aryl methyl sites for hydroxylation is 1. The molecule has 5 nitrogen and oxygen atoms in total. The highest BCUT2D eigenvalue weighted by molar-refractivity contribution is 5.77. The van der Waals surface area contributed by atoms with Crippen molar-refractivity contribution in [2.75, 3.05) is 12.5 Å². The summed E-state index contributed by atoms with van der Waals surface area (Å²) in [5.41, 5.74) is 8.53. The molecule has 2 N–H and O–H groups in total. The molecule has 2 aromatic rings.